The maximum atomic E-state index is 11.8. The number of hydrogen-bond donors (Lipinski definition) is 1. The van der Waals surface area contributed by atoms with Crippen molar-refractivity contribution in [1.82, 2.24) is 19.9 Å². The minimum atomic E-state index is -0.211. The van der Waals surface area contributed by atoms with Crippen molar-refractivity contribution in [1.29, 1.82) is 0 Å². The molecule has 2 aromatic rings. The van der Waals surface area contributed by atoms with E-state index in [9.17, 15) is 4.79 Å². The maximum absolute atomic E-state index is 11.8. The highest BCUT2D eigenvalue weighted by molar-refractivity contribution is 6.41. The van der Waals surface area contributed by atoms with Crippen LogP contribution in [-0.4, -0.2) is 27.0 Å². The first kappa shape index (κ1) is 13.8. The van der Waals surface area contributed by atoms with Gasteiger partial charge >= 0.3 is 0 Å². The summed E-state index contributed by atoms with van der Waals surface area (Å²) >= 11 is 11.5. The highest BCUT2D eigenvalue weighted by Crippen LogP contribution is 2.19. The van der Waals surface area contributed by atoms with E-state index in [1.54, 1.807) is 12.5 Å². The first-order chi connectivity index (χ1) is 9.16. The van der Waals surface area contributed by atoms with Crippen molar-refractivity contribution in [2.24, 2.45) is 0 Å². The number of carbonyl (C=O) groups excluding carboxylic acids is 1. The van der Waals surface area contributed by atoms with Gasteiger partial charge in [-0.05, 0) is 12.5 Å². The van der Waals surface area contributed by atoms with Gasteiger partial charge in [0.15, 0.2) is 0 Å². The van der Waals surface area contributed by atoms with Crippen LogP contribution in [0.2, 0.25) is 10.2 Å². The highest BCUT2D eigenvalue weighted by Gasteiger charge is 2.08. The van der Waals surface area contributed by atoms with E-state index in [1.807, 2.05) is 10.8 Å². The number of halogens is 2. The molecule has 0 aromatic carbocycles. The fourth-order valence-electron chi connectivity index (χ4n) is 1.53. The summed E-state index contributed by atoms with van der Waals surface area (Å²) in [5, 5.41) is 3.26. The SMILES string of the molecule is O=C(NCCCn1ccnc1)c1cnc(Cl)c(Cl)c1. The Balaban J connectivity index is 1.79. The number of nitrogens with zero attached hydrogens (tertiary/aromatic N) is 3. The van der Waals surface area contributed by atoms with Crippen LogP contribution >= 0.6 is 23.2 Å². The number of carbonyl (C=O) groups is 1. The van der Waals surface area contributed by atoms with Crippen LogP contribution in [0.25, 0.3) is 0 Å². The molecular formula is C12H12Cl2N4O. The summed E-state index contributed by atoms with van der Waals surface area (Å²) in [4.78, 5) is 19.6. The number of hydrogen-bond acceptors (Lipinski definition) is 3. The molecule has 2 heterocycles. The van der Waals surface area contributed by atoms with Crippen molar-refractivity contribution < 1.29 is 4.79 Å². The number of aryl methyl sites for hydroxylation is 1. The molecule has 0 bridgehead atoms. The zero-order valence-electron chi connectivity index (χ0n) is 10.0. The molecule has 19 heavy (non-hydrogen) atoms. The Kier molecular flexibility index (Phi) is 4.76. The van der Waals surface area contributed by atoms with Crippen LogP contribution in [0.5, 0.6) is 0 Å². The molecule has 2 aromatic heterocycles. The van der Waals surface area contributed by atoms with Gasteiger partial charge in [-0.2, -0.15) is 0 Å². The number of amides is 1. The van der Waals surface area contributed by atoms with Crippen molar-refractivity contribution in [3.05, 3.63) is 46.7 Å². The molecule has 0 atom stereocenters. The summed E-state index contributed by atoms with van der Waals surface area (Å²) in [5.41, 5.74) is 0.400. The highest BCUT2D eigenvalue weighted by atomic mass is 35.5. The second kappa shape index (κ2) is 6.54. The summed E-state index contributed by atoms with van der Waals surface area (Å²) in [7, 11) is 0. The van der Waals surface area contributed by atoms with Gasteiger partial charge in [-0.25, -0.2) is 9.97 Å². The van der Waals surface area contributed by atoms with Crippen LogP contribution in [-0.2, 0) is 6.54 Å². The predicted molar refractivity (Wildman–Crippen MR) is 73.4 cm³/mol. The van der Waals surface area contributed by atoms with E-state index in [4.69, 9.17) is 23.2 Å². The topological polar surface area (TPSA) is 59.8 Å². The minimum absolute atomic E-state index is 0.193. The molecule has 0 aliphatic heterocycles. The van der Waals surface area contributed by atoms with E-state index < -0.39 is 0 Å². The molecule has 0 aliphatic carbocycles. The Hall–Kier alpha value is -1.59. The molecule has 0 saturated heterocycles. The largest absolute Gasteiger partial charge is 0.352 e. The van der Waals surface area contributed by atoms with E-state index in [0.717, 1.165) is 13.0 Å². The first-order valence-electron chi connectivity index (χ1n) is 5.72. The average Bonchev–Trinajstić information content (AvgIpc) is 2.91. The summed E-state index contributed by atoms with van der Waals surface area (Å²) in [6, 6.07) is 1.50. The number of aromatic nitrogens is 3. The Labute approximate surface area is 120 Å². The number of imidazole rings is 1. The van der Waals surface area contributed by atoms with Crippen molar-refractivity contribution in [2.45, 2.75) is 13.0 Å². The lowest BCUT2D eigenvalue weighted by Gasteiger charge is -2.06. The second-order valence-electron chi connectivity index (χ2n) is 3.91. The molecule has 0 radical (unpaired) electrons. The predicted octanol–water partition coefficient (Wildman–Crippen LogP) is 2.41. The fourth-order valence-corrected chi connectivity index (χ4v) is 1.80. The van der Waals surface area contributed by atoms with Gasteiger partial charge in [-0.3, -0.25) is 4.79 Å². The molecule has 0 saturated carbocycles. The lowest BCUT2D eigenvalue weighted by molar-refractivity contribution is 0.0952. The molecular weight excluding hydrogens is 287 g/mol. The number of pyridine rings is 1. The third-order valence-electron chi connectivity index (χ3n) is 2.50. The van der Waals surface area contributed by atoms with E-state index in [-0.39, 0.29) is 16.1 Å². The van der Waals surface area contributed by atoms with Crippen LogP contribution in [0, 0.1) is 0 Å². The molecule has 2 rings (SSSR count). The van der Waals surface area contributed by atoms with Gasteiger partial charge < -0.3 is 9.88 Å². The van der Waals surface area contributed by atoms with Crippen LogP contribution in [0.1, 0.15) is 16.8 Å². The maximum Gasteiger partial charge on any atom is 0.252 e. The van der Waals surface area contributed by atoms with Crippen LogP contribution in [0.3, 0.4) is 0 Å². The number of rotatable bonds is 5. The van der Waals surface area contributed by atoms with Crippen LogP contribution in [0.15, 0.2) is 31.0 Å². The summed E-state index contributed by atoms with van der Waals surface area (Å²) in [6.07, 6.45) is 7.56. The molecule has 1 N–H and O–H groups in total. The van der Waals surface area contributed by atoms with Gasteiger partial charge in [0.2, 0.25) is 0 Å². The molecule has 1 amide bonds. The van der Waals surface area contributed by atoms with Crippen molar-refractivity contribution in [3.63, 3.8) is 0 Å². The summed E-state index contributed by atoms with van der Waals surface area (Å²) in [5.74, 6) is -0.211. The lowest BCUT2D eigenvalue weighted by atomic mass is 10.2. The van der Waals surface area contributed by atoms with E-state index in [0.29, 0.717) is 12.1 Å². The van der Waals surface area contributed by atoms with Crippen LogP contribution in [0.4, 0.5) is 0 Å². The first-order valence-corrected chi connectivity index (χ1v) is 6.47. The molecule has 0 fully saturated rings. The number of nitrogens with one attached hydrogen (secondary N) is 1. The zero-order chi connectivity index (χ0) is 13.7. The van der Waals surface area contributed by atoms with E-state index in [1.165, 1.54) is 12.3 Å². The quantitative estimate of drug-likeness (QED) is 0.681. The fraction of sp³-hybridized carbons (Fsp3) is 0.250. The smallest absolute Gasteiger partial charge is 0.252 e. The van der Waals surface area contributed by atoms with Crippen molar-refractivity contribution in [3.8, 4) is 0 Å². The molecule has 0 spiro atoms. The van der Waals surface area contributed by atoms with Gasteiger partial charge in [0.1, 0.15) is 5.15 Å². The van der Waals surface area contributed by atoms with Gasteiger partial charge in [0, 0.05) is 31.7 Å². The third kappa shape index (κ3) is 3.94. The van der Waals surface area contributed by atoms with Crippen molar-refractivity contribution >= 4 is 29.1 Å². The Morgan fingerprint density at radius 1 is 1.42 bits per heavy atom. The Morgan fingerprint density at radius 3 is 2.95 bits per heavy atom. The molecule has 5 nitrogen and oxygen atoms in total. The zero-order valence-corrected chi connectivity index (χ0v) is 11.5. The van der Waals surface area contributed by atoms with Gasteiger partial charge in [-0.15, -0.1) is 0 Å². The van der Waals surface area contributed by atoms with Gasteiger partial charge in [0.05, 0.1) is 16.9 Å². The molecule has 7 heteroatoms. The molecule has 0 aliphatic rings. The average molecular weight is 299 g/mol. The van der Waals surface area contributed by atoms with Gasteiger partial charge in [0.25, 0.3) is 5.91 Å². The van der Waals surface area contributed by atoms with E-state index in [2.05, 4.69) is 15.3 Å². The van der Waals surface area contributed by atoms with E-state index >= 15 is 0 Å². The Bertz CT molecular complexity index is 557. The third-order valence-corrected chi connectivity index (χ3v) is 3.18. The van der Waals surface area contributed by atoms with Gasteiger partial charge in [-0.1, -0.05) is 23.2 Å². The minimum Gasteiger partial charge on any atom is -0.352 e. The summed E-state index contributed by atoms with van der Waals surface area (Å²) < 4.78 is 1.95. The van der Waals surface area contributed by atoms with Crippen LogP contribution < -0.4 is 5.32 Å². The van der Waals surface area contributed by atoms with Crippen molar-refractivity contribution in [2.75, 3.05) is 6.54 Å². The monoisotopic (exact) mass is 298 g/mol. The Morgan fingerprint density at radius 2 is 2.26 bits per heavy atom. The lowest BCUT2D eigenvalue weighted by Crippen LogP contribution is -2.25. The molecule has 100 valence electrons. The molecule has 0 unspecified atom stereocenters. The summed E-state index contributed by atoms with van der Waals surface area (Å²) in [6.45, 7) is 1.37. The standard InChI is InChI=1S/C12H12Cl2N4O/c13-10-6-9(7-17-11(10)14)12(19)16-2-1-4-18-5-3-15-8-18/h3,5-8H,1-2,4H2,(H,16,19). The normalized spacial score (nSPS) is 10.4. The second-order valence-corrected chi connectivity index (χ2v) is 4.67.